The van der Waals surface area contributed by atoms with Crippen LogP contribution in [0.1, 0.15) is 17.5 Å². The van der Waals surface area contributed by atoms with E-state index in [1.807, 2.05) is 6.07 Å². The molecule has 1 heterocycles. The number of benzene rings is 1. The molecular formula is C12H13F3O2. The van der Waals surface area contributed by atoms with Gasteiger partial charge in [0.2, 0.25) is 0 Å². The van der Waals surface area contributed by atoms with Gasteiger partial charge < -0.3 is 9.47 Å². The second-order valence-electron chi connectivity index (χ2n) is 4.00. The van der Waals surface area contributed by atoms with Crippen molar-refractivity contribution in [2.24, 2.45) is 0 Å². The zero-order valence-electron chi connectivity index (χ0n) is 9.22. The van der Waals surface area contributed by atoms with Gasteiger partial charge in [-0.25, -0.2) is 0 Å². The van der Waals surface area contributed by atoms with E-state index in [9.17, 15) is 13.2 Å². The molecule has 0 unspecified atom stereocenters. The molecule has 2 nitrogen and oxygen atoms in total. The summed E-state index contributed by atoms with van der Waals surface area (Å²) in [5, 5.41) is 0. The average molecular weight is 246 g/mol. The predicted molar refractivity (Wildman–Crippen MR) is 56.0 cm³/mol. The summed E-state index contributed by atoms with van der Waals surface area (Å²) in [7, 11) is 0. The minimum atomic E-state index is -4.27. The zero-order valence-corrected chi connectivity index (χ0v) is 9.22. The van der Waals surface area contributed by atoms with Crippen LogP contribution in [-0.4, -0.2) is 19.4 Å². The summed E-state index contributed by atoms with van der Waals surface area (Å²) in [6.45, 7) is -0.524. The molecule has 94 valence electrons. The summed E-state index contributed by atoms with van der Waals surface area (Å²) in [6.07, 6.45) is -2.42. The van der Waals surface area contributed by atoms with Gasteiger partial charge >= 0.3 is 6.18 Å². The molecule has 0 amide bonds. The van der Waals surface area contributed by atoms with Gasteiger partial charge in [0.1, 0.15) is 12.4 Å². The number of fused-ring (bicyclic) bond motifs is 1. The molecule has 0 bridgehead atoms. The molecule has 0 spiro atoms. The highest BCUT2D eigenvalue weighted by atomic mass is 19.4. The lowest BCUT2D eigenvalue weighted by Gasteiger charge is -2.18. The Bertz CT molecular complexity index is 388. The maximum atomic E-state index is 11.9. The van der Waals surface area contributed by atoms with Crippen LogP contribution < -0.4 is 4.74 Å². The molecule has 1 aliphatic rings. The molecule has 1 aromatic rings. The third-order valence-electron chi connectivity index (χ3n) is 2.51. The van der Waals surface area contributed by atoms with E-state index in [1.165, 1.54) is 0 Å². The van der Waals surface area contributed by atoms with E-state index in [4.69, 9.17) is 4.74 Å². The molecule has 0 N–H and O–H groups in total. The van der Waals surface area contributed by atoms with Gasteiger partial charge in [-0.3, -0.25) is 0 Å². The van der Waals surface area contributed by atoms with Crippen molar-refractivity contribution >= 4 is 0 Å². The first-order valence-corrected chi connectivity index (χ1v) is 5.44. The standard InChI is InChI=1S/C12H13F3O2/c13-12(14,15)8-16-7-9-3-4-11-10(6-9)2-1-5-17-11/h3-4,6H,1-2,5,7-8H2. The van der Waals surface area contributed by atoms with Crippen molar-refractivity contribution in [1.82, 2.24) is 0 Å². The number of halogens is 3. The van der Waals surface area contributed by atoms with Crippen molar-refractivity contribution in [2.75, 3.05) is 13.2 Å². The van der Waals surface area contributed by atoms with Gasteiger partial charge in [0.25, 0.3) is 0 Å². The topological polar surface area (TPSA) is 18.5 Å². The van der Waals surface area contributed by atoms with Crippen molar-refractivity contribution in [3.63, 3.8) is 0 Å². The minimum absolute atomic E-state index is 0.0210. The molecule has 0 saturated carbocycles. The molecule has 0 aliphatic carbocycles. The van der Waals surface area contributed by atoms with Gasteiger partial charge in [-0.05, 0) is 36.1 Å². The van der Waals surface area contributed by atoms with E-state index in [0.29, 0.717) is 6.61 Å². The van der Waals surface area contributed by atoms with Crippen LogP contribution in [-0.2, 0) is 17.8 Å². The highest BCUT2D eigenvalue weighted by Crippen LogP contribution is 2.26. The SMILES string of the molecule is FC(F)(F)COCc1ccc2c(c1)CCCO2. The molecule has 5 heteroatoms. The highest BCUT2D eigenvalue weighted by molar-refractivity contribution is 5.38. The molecular weight excluding hydrogens is 233 g/mol. The summed E-state index contributed by atoms with van der Waals surface area (Å²) < 4.78 is 45.7. The highest BCUT2D eigenvalue weighted by Gasteiger charge is 2.27. The largest absolute Gasteiger partial charge is 0.493 e. The molecule has 0 radical (unpaired) electrons. The van der Waals surface area contributed by atoms with Crippen molar-refractivity contribution in [3.05, 3.63) is 29.3 Å². The van der Waals surface area contributed by atoms with Crippen LogP contribution in [0, 0.1) is 0 Å². The van der Waals surface area contributed by atoms with E-state index in [-0.39, 0.29) is 6.61 Å². The third-order valence-corrected chi connectivity index (χ3v) is 2.51. The van der Waals surface area contributed by atoms with Crippen LogP contribution >= 0.6 is 0 Å². The number of rotatable bonds is 3. The van der Waals surface area contributed by atoms with Crippen LogP contribution in [0.5, 0.6) is 5.75 Å². The van der Waals surface area contributed by atoms with Crippen LogP contribution in [0.4, 0.5) is 13.2 Å². The first-order chi connectivity index (χ1) is 8.04. The Balaban J connectivity index is 1.93. The van der Waals surface area contributed by atoms with E-state index >= 15 is 0 Å². The Labute approximate surface area is 97.3 Å². The first-order valence-electron chi connectivity index (χ1n) is 5.44. The summed E-state index contributed by atoms with van der Waals surface area (Å²) in [5.74, 6) is 0.829. The van der Waals surface area contributed by atoms with Gasteiger partial charge in [-0.15, -0.1) is 0 Å². The molecule has 0 atom stereocenters. The van der Waals surface area contributed by atoms with Gasteiger partial charge in [0.05, 0.1) is 13.2 Å². The lowest BCUT2D eigenvalue weighted by molar-refractivity contribution is -0.176. The van der Waals surface area contributed by atoms with Gasteiger partial charge in [0.15, 0.2) is 0 Å². The predicted octanol–water partition coefficient (Wildman–Crippen LogP) is 3.09. The van der Waals surface area contributed by atoms with Crippen LogP contribution in [0.25, 0.3) is 0 Å². The van der Waals surface area contributed by atoms with Gasteiger partial charge in [0, 0.05) is 0 Å². The maximum Gasteiger partial charge on any atom is 0.411 e. The van der Waals surface area contributed by atoms with Crippen molar-refractivity contribution in [3.8, 4) is 5.75 Å². The quantitative estimate of drug-likeness (QED) is 0.816. The third kappa shape index (κ3) is 3.63. The summed E-state index contributed by atoms with van der Waals surface area (Å²) in [5.41, 5.74) is 1.79. The Morgan fingerprint density at radius 1 is 1.29 bits per heavy atom. The number of hydrogen-bond acceptors (Lipinski definition) is 2. The number of hydrogen-bond donors (Lipinski definition) is 0. The molecule has 0 fully saturated rings. The number of alkyl halides is 3. The van der Waals surface area contributed by atoms with E-state index < -0.39 is 12.8 Å². The Morgan fingerprint density at radius 2 is 2.12 bits per heavy atom. The molecule has 0 saturated heterocycles. The fourth-order valence-corrected chi connectivity index (χ4v) is 1.79. The molecule has 0 aromatic heterocycles. The zero-order chi connectivity index (χ0) is 12.3. The normalized spacial score (nSPS) is 15.2. The van der Waals surface area contributed by atoms with Crippen molar-refractivity contribution in [1.29, 1.82) is 0 Å². The molecule has 2 rings (SSSR count). The lowest BCUT2D eigenvalue weighted by Crippen LogP contribution is -2.16. The molecule has 1 aliphatic heterocycles. The summed E-state index contributed by atoms with van der Waals surface area (Å²) in [4.78, 5) is 0. The Hall–Kier alpha value is -1.23. The second-order valence-corrected chi connectivity index (χ2v) is 4.00. The molecule has 1 aromatic carbocycles. The van der Waals surface area contributed by atoms with Crippen molar-refractivity contribution in [2.45, 2.75) is 25.6 Å². The van der Waals surface area contributed by atoms with Crippen LogP contribution in [0.2, 0.25) is 0 Å². The fourth-order valence-electron chi connectivity index (χ4n) is 1.79. The summed E-state index contributed by atoms with van der Waals surface area (Å²) in [6, 6.07) is 5.38. The molecule has 17 heavy (non-hydrogen) atoms. The maximum absolute atomic E-state index is 11.9. The van der Waals surface area contributed by atoms with E-state index in [0.717, 1.165) is 29.7 Å². The smallest absolute Gasteiger partial charge is 0.411 e. The lowest BCUT2D eigenvalue weighted by atomic mass is 10.0. The second kappa shape index (κ2) is 4.96. The van der Waals surface area contributed by atoms with E-state index in [2.05, 4.69) is 4.74 Å². The first kappa shape index (κ1) is 12.2. The van der Waals surface area contributed by atoms with Crippen LogP contribution in [0.15, 0.2) is 18.2 Å². The summed E-state index contributed by atoms with van der Waals surface area (Å²) >= 11 is 0. The Kier molecular flexibility index (Phi) is 3.57. The van der Waals surface area contributed by atoms with Crippen molar-refractivity contribution < 1.29 is 22.6 Å². The number of ether oxygens (including phenoxy) is 2. The van der Waals surface area contributed by atoms with Gasteiger partial charge in [-0.2, -0.15) is 13.2 Å². The van der Waals surface area contributed by atoms with Gasteiger partial charge in [-0.1, -0.05) is 6.07 Å². The van der Waals surface area contributed by atoms with E-state index in [1.54, 1.807) is 12.1 Å². The fraction of sp³-hybridized carbons (Fsp3) is 0.500. The minimum Gasteiger partial charge on any atom is -0.493 e. The van der Waals surface area contributed by atoms with Crippen LogP contribution in [0.3, 0.4) is 0 Å². The monoisotopic (exact) mass is 246 g/mol. The Morgan fingerprint density at radius 3 is 2.88 bits per heavy atom. The number of aryl methyl sites for hydroxylation is 1. The average Bonchev–Trinajstić information content (AvgIpc) is 2.27.